The first-order chi connectivity index (χ1) is 8.45. The van der Waals surface area contributed by atoms with E-state index in [4.69, 9.17) is 4.74 Å². The second kappa shape index (κ2) is 7.47. The Morgan fingerprint density at radius 1 is 1.21 bits per heavy atom. The van der Waals surface area contributed by atoms with Gasteiger partial charge in [0.1, 0.15) is 11.9 Å². The number of hydrogen-bond acceptors (Lipinski definition) is 2. The minimum atomic E-state index is -4.95. The molecule has 0 N–H and O–H groups in total. The van der Waals surface area contributed by atoms with Crippen LogP contribution in [0.5, 0.6) is 5.75 Å². The fourth-order valence-electron chi connectivity index (χ4n) is 2.09. The average molecular weight is 297 g/mol. The van der Waals surface area contributed by atoms with Crippen molar-refractivity contribution in [3.05, 3.63) is 24.3 Å². The van der Waals surface area contributed by atoms with Crippen molar-refractivity contribution in [3.8, 4) is 5.75 Å². The summed E-state index contributed by atoms with van der Waals surface area (Å²) < 4.78 is 43.4. The molecular weight excluding hydrogens is 281 g/mol. The number of benzene rings is 1. The molecule has 100 valence electrons. The van der Waals surface area contributed by atoms with Crippen molar-refractivity contribution in [1.29, 1.82) is 0 Å². The summed E-state index contributed by atoms with van der Waals surface area (Å²) in [7, 11) is 2.03. The number of halogens is 3. The molecule has 19 heavy (non-hydrogen) atoms. The van der Waals surface area contributed by atoms with Crippen LogP contribution in [0.4, 0.5) is 12.9 Å². The van der Waals surface area contributed by atoms with Gasteiger partial charge in [0.25, 0.3) is 0 Å². The van der Waals surface area contributed by atoms with Gasteiger partial charge in [0.15, 0.2) is 0 Å². The fraction of sp³-hybridized carbons (Fsp3) is 0.500. The summed E-state index contributed by atoms with van der Waals surface area (Å²) in [5.41, 5.74) is -0.597. The van der Waals surface area contributed by atoms with Gasteiger partial charge in [-0.2, -0.15) is 0 Å². The molecule has 1 aliphatic heterocycles. The zero-order valence-electron chi connectivity index (χ0n) is 11.3. The zero-order valence-corrected chi connectivity index (χ0v) is 14.4. The third kappa shape index (κ3) is 5.40. The predicted octanol–water partition coefficient (Wildman–Crippen LogP) is -0.782. The largest absolute Gasteiger partial charge is 1.00 e. The summed E-state index contributed by atoms with van der Waals surface area (Å²) in [6, 6.07) is 5.17. The van der Waals surface area contributed by atoms with Crippen molar-refractivity contribution in [3.63, 3.8) is 0 Å². The van der Waals surface area contributed by atoms with Crippen molar-refractivity contribution in [2.75, 3.05) is 20.1 Å². The summed E-state index contributed by atoms with van der Waals surface area (Å²) in [6.45, 7) is -3.10. The van der Waals surface area contributed by atoms with E-state index >= 15 is 0 Å². The van der Waals surface area contributed by atoms with Gasteiger partial charge in [-0.3, -0.25) is 0 Å². The molecule has 0 spiro atoms. The maximum atomic E-state index is 12.6. The molecular formula is C12H16BF3KNO. The van der Waals surface area contributed by atoms with Gasteiger partial charge in [0, 0.05) is 13.1 Å². The fourth-order valence-corrected chi connectivity index (χ4v) is 2.09. The molecule has 1 aromatic rings. The number of hydrogen-bond donors (Lipinski definition) is 0. The van der Waals surface area contributed by atoms with Crippen LogP contribution in [0.25, 0.3) is 0 Å². The summed E-state index contributed by atoms with van der Waals surface area (Å²) in [4.78, 5) is 2.19. The SMILES string of the molecule is CN1CCC(Oc2cccc([B-](F)(F)F)c2)CC1.[K+]. The van der Waals surface area contributed by atoms with E-state index in [2.05, 4.69) is 4.90 Å². The summed E-state index contributed by atoms with van der Waals surface area (Å²) in [5, 5.41) is 0. The Hall–Kier alpha value is 0.471. The van der Waals surface area contributed by atoms with Gasteiger partial charge in [0.2, 0.25) is 0 Å². The number of nitrogens with zero attached hydrogens (tertiary/aromatic N) is 1. The number of piperidine rings is 1. The normalized spacial score (nSPS) is 17.9. The average Bonchev–Trinajstić information content (AvgIpc) is 2.31. The van der Waals surface area contributed by atoms with E-state index in [1.54, 1.807) is 6.07 Å². The molecule has 7 heteroatoms. The van der Waals surface area contributed by atoms with Crippen molar-refractivity contribution in [2.24, 2.45) is 0 Å². The molecule has 1 fully saturated rings. The Balaban J connectivity index is 0.00000180. The summed E-state index contributed by atoms with van der Waals surface area (Å²) in [5.74, 6) is 0.321. The third-order valence-electron chi connectivity index (χ3n) is 3.20. The Kier molecular flexibility index (Phi) is 6.89. The molecule has 0 atom stereocenters. The van der Waals surface area contributed by atoms with E-state index in [0.717, 1.165) is 38.1 Å². The van der Waals surface area contributed by atoms with Crippen molar-refractivity contribution in [1.82, 2.24) is 4.90 Å². The summed E-state index contributed by atoms with van der Waals surface area (Å²) >= 11 is 0. The Morgan fingerprint density at radius 2 is 1.84 bits per heavy atom. The van der Waals surface area contributed by atoms with Crippen LogP contribution in [-0.2, 0) is 0 Å². The topological polar surface area (TPSA) is 12.5 Å². The number of likely N-dealkylation sites (tertiary alicyclic amines) is 1. The zero-order chi connectivity index (χ0) is 13.2. The van der Waals surface area contributed by atoms with E-state index in [0.29, 0.717) is 5.75 Å². The first-order valence-electron chi connectivity index (χ1n) is 6.10. The molecule has 1 aliphatic rings. The number of rotatable bonds is 3. The van der Waals surface area contributed by atoms with E-state index in [-0.39, 0.29) is 57.5 Å². The van der Waals surface area contributed by atoms with Gasteiger partial charge < -0.3 is 22.6 Å². The van der Waals surface area contributed by atoms with Crippen LogP contribution in [0.1, 0.15) is 12.8 Å². The quantitative estimate of drug-likeness (QED) is 0.679. The molecule has 2 nitrogen and oxygen atoms in total. The maximum absolute atomic E-state index is 12.6. The van der Waals surface area contributed by atoms with Gasteiger partial charge in [0.05, 0.1) is 0 Å². The molecule has 1 saturated heterocycles. The van der Waals surface area contributed by atoms with Gasteiger partial charge in [-0.05, 0) is 32.0 Å². The van der Waals surface area contributed by atoms with Crippen LogP contribution in [0.3, 0.4) is 0 Å². The second-order valence-corrected chi connectivity index (χ2v) is 4.77. The van der Waals surface area contributed by atoms with Gasteiger partial charge >= 0.3 is 58.4 Å². The maximum Gasteiger partial charge on any atom is 1.00 e. The van der Waals surface area contributed by atoms with Crippen LogP contribution < -0.4 is 61.6 Å². The Morgan fingerprint density at radius 3 is 2.42 bits per heavy atom. The van der Waals surface area contributed by atoms with Gasteiger partial charge in [-0.25, -0.2) is 0 Å². The second-order valence-electron chi connectivity index (χ2n) is 4.77. The van der Waals surface area contributed by atoms with Crippen LogP contribution in [0.2, 0.25) is 0 Å². The van der Waals surface area contributed by atoms with Crippen LogP contribution >= 0.6 is 0 Å². The third-order valence-corrected chi connectivity index (χ3v) is 3.20. The van der Waals surface area contributed by atoms with E-state index in [1.807, 2.05) is 7.05 Å². The first kappa shape index (κ1) is 17.5. The minimum Gasteiger partial charge on any atom is -0.490 e. The predicted molar refractivity (Wildman–Crippen MR) is 66.3 cm³/mol. The number of ether oxygens (including phenoxy) is 1. The smallest absolute Gasteiger partial charge is 0.490 e. The van der Waals surface area contributed by atoms with Crippen molar-refractivity contribution < 1.29 is 69.1 Å². The molecule has 0 radical (unpaired) electrons. The standard InChI is InChI=1S/C12H16BF3NO.K/c1-17-7-5-11(6-8-17)18-12-4-2-3-10(9-12)13(14,15)16;/h2-4,9,11H,5-8H2,1H3;/q-1;+1. The van der Waals surface area contributed by atoms with Crippen LogP contribution in [-0.4, -0.2) is 38.1 Å². The molecule has 0 aromatic heterocycles. The van der Waals surface area contributed by atoms with Crippen molar-refractivity contribution in [2.45, 2.75) is 18.9 Å². The van der Waals surface area contributed by atoms with Gasteiger partial charge in [-0.15, -0.1) is 5.46 Å². The molecule has 0 unspecified atom stereocenters. The van der Waals surface area contributed by atoms with E-state index in [1.165, 1.54) is 6.07 Å². The molecule has 1 aromatic carbocycles. The van der Waals surface area contributed by atoms with Crippen molar-refractivity contribution >= 4 is 12.4 Å². The molecule has 0 amide bonds. The monoisotopic (exact) mass is 297 g/mol. The Labute approximate surface area is 154 Å². The van der Waals surface area contributed by atoms with Gasteiger partial charge in [-0.1, -0.05) is 12.1 Å². The minimum absolute atomic E-state index is 0. The van der Waals surface area contributed by atoms with E-state index < -0.39 is 12.4 Å². The molecule has 0 saturated carbocycles. The van der Waals surface area contributed by atoms with Crippen LogP contribution in [0.15, 0.2) is 24.3 Å². The molecule has 2 rings (SSSR count). The summed E-state index contributed by atoms with van der Waals surface area (Å²) in [6.07, 6.45) is 1.74. The van der Waals surface area contributed by atoms with Crippen LogP contribution in [0, 0.1) is 0 Å². The molecule has 1 heterocycles. The molecule has 0 bridgehead atoms. The Bertz CT molecular complexity index is 408. The van der Waals surface area contributed by atoms with E-state index in [9.17, 15) is 12.9 Å². The first-order valence-corrected chi connectivity index (χ1v) is 6.10. The molecule has 0 aliphatic carbocycles.